The van der Waals surface area contributed by atoms with Gasteiger partial charge in [-0.05, 0) is 57.6 Å². The van der Waals surface area contributed by atoms with Crippen LogP contribution < -0.4 is 20.3 Å². The molecule has 0 unspecified atom stereocenters. The van der Waals surface area contributed by atoms with Gasteiger partial charge in [-0.25, -0.2) is 14.8 Å². The number of carbonyl (C=O) groups excluding carboxylic acids is 1. The molecular formula is C38H52N6O11. The lowest BCUT2D eigenvalue weighted by molar-refractivity contribution is -0.203. The number of nitrogens with zero attached hydrogens (tertiary/aromatic N) is 5. The fourth-order valence-corrected chi connectivity index (χ4v) is 7.42. The molecule has 5 heterocycles. The lowest BCUT2D eigenvalue weighted by Crippen LogP contribution is -2.44. The highest BCUT2D eigenvalue weighted by Gasteiger charge is 2.46. The molecule has 3 aromatic heterocycles. The molecule has 0 aromatic carbocycles. The van der Waals surface area contributed by atoms with Gasteiger partial charge in [-0.15, -0.1) is 0 Å². The predicted octanol–water partition coefficient (Wildman–Crippen LogP) is 3.15. The molecule has 0 amide bonds. The van der Waals surface area contributed by atoms with Gasteiger partial charge in [-0.3, -0.25) is 9.36 Å². The van der Waals surface area contributed by atoms with Crippen LogP contribution >= 0.6 is 0 Å². The summed E-state index contributed by atoms with van der Waals surface area (Å²) in [6.07, 6.45) is 12.0. The molecule has 0 radical (unpaired) electrons. The zero-order valence-electron chi connectivity index (χ0n) is 31.8. The molecule has 2 spiro atoms. The molecule has 3 aromatic rings. The Kier molecular flexibility index (Phi) is 13.0. The second-order valence-electron chi connectivity index (χ2n) is 14.3. The van der Waals surface area contributed by atoms with Gasteiger partial charge in [0, 0.05) is 50.9 Å². The van der Waals surface area contributed by atoms with Crippen molar-refractivity contribution in [1.29, 1.82) is 0 Å². The number of methoxy groups -OCH3 is 2. The molecule has 0 atom stereocenters. The van der Waals surface area contributed by atoms with Crippen molar-refractivity contribution in [1.82, 2.24) is 24.5 Å². The maximum absolute atomic E-state index is 12.3. The van der Waals surface area contributed by atoms with Crippen LogP contribution in [0.1, 0.15) is 76.8 Å². The van der Waals surface area contributed by atoms with Crippen molar-refractivity contribution >= 4 is 29.0 Å². The van der Waals surface area contributed by atoms with Crippen molar-refractivity contribution in [3.63, 3.8) is 0 Å². The van der Waals surface area contributed by atoms with Gasteiger partial charge in [0.05, 0.1) is 70.8 Å². The molecule has 7 rings (SSSR count). The van der Waals surface area contributed by atoms with E-state index < -0.39 is 28.7 Å². The fourth-order valence-electron chi connectivity index (χ4n) is 7.42. The van der Waals surface area contributed by atoms with Crippen LogP contribution in [0.4, 0.5) is 5.82 Å². The zero-order chi connectivity index (χ0) is 38.9. The molecule has 55 heavy (non-hydrogen) atoms. The molecule has 2 saturated heterocycles. The van der Waals surface area contributed by atoms with Crippen molar-refractivity contribution in [3.05, 3.63) is 46.7 Å². The molecule has 2 aliphatic carbocycles. The summed E-state index contributed by atoms with van der Waals surface area (Å²) in [7, 11) is 3.02. The lowest BCUT2D eigenvalue weighted by Gasteiger charge is -2.40. The SMILES string of the molecule is CCOC(=O)C=Cc1ncc(OC)nc1NCCC1(O)CCC2(CC1)OCCO2.COc1cnc2ccc(=O)n(CCC3(O)CCC4(CC3)OCCO4)c2n1. The van der Waals surface area contributed by atoms with Crippen LogP contribution in [0, 0.1) is 0 Å². The Hall–Kier alpha value is -4.26. The maximum Gasteiger partial charge on any atom is 0.330 e. The van der Waals surface area contributed by atoms with E-state index in [1.807, 2.05) is 0 Å². The van der Waals surface area contributed by atoms with E-state index in [4.69, 9.17) is 33.2 Å². The Balaban J connectivity index is 0.000000188. The molecule has 4 fully saturated rings. The standard InChI is InChI=1S/C20H29N3O6.C18H23N3O5/c1-3-27-17(24)5-4-15-18(23-16(26-2)14-22-15)21-11-10-19(25)6-8-20(9-7-19)28-12-13-29-20;1-24-14-12-19-13-2-3-15(22)21(16(13)20-14)9-8-17(23)4-6-18(7-5-17)25-10-11-26-18/h4-5,14,25H,3,6-13H2,1-2H3,(H,21,23);2-3,12,23H,4-11H2,1H3. The van der Waals surface area contributed by atoms with Gasteiger partial charge >= 0.3 is 5.97 Å². The number of pyridine rings is 1. The summed E-state index contributed by atoms with van der Waals surface area (Å²) in [4.78, 5) is 41.2. The predicted molar refractivity (Wildman–Crippen MR) is 198 cm³/mol. The number of esters is 1. The van der Waals surface area contributed by atoms with Crippen LogP contribution in [0.2, 0.25) is 0 Å². The summed E-state index contributed by atoms with van der Waals surface area (Å²) in [6, 6.07) is 3.12. The van der Waals surface area contributed by atoms with Gasteiger partial charge in [0.15, 0.2) is 23.0 Å². The van der Waals surface area contributed by atoms with Gasteiger partial charge in [0.1, 0.15) is 11.2 Å². The molecule has 3 N–H and O–H groups in total. The van der Waals surface area contributed by atoms with E-state index in [2.05, 4.69) is 25.3 Å². The Morgan fingerprint density at radius 3 is 1.98 bits per heavy atom. The second-order valence-corrected chi connectivity index (χ2v) is 14.3. The Morgan fingerprint density at radius 2 is 1.40 bits per heavy atom. The minimum absolute atomic E-state index is 0.168. The largest absolute Gasteiger partial charge is 0.480 e. The van der Waals surface area contributed by atoms with E-state index in [0.717, 1.165) is 0 Å². The summed E-state index contributed by atoms with van der Waals surface area (Å²) in [5.74, 6) is -0.272. The maximum atomic E-state index is 12.3. The first-order valence-corrected chi connectivity index (χ1v) is 18.9. The molecule has 17 heteroatoms. The van der Waals surface area contributed by atoms with Crippen molar-refractivity contribution in [2.45, 2.75) is 100 Å². The monoisotopic (exact) mass is 768 g/mol. The van der Waals surface area contributed by atoms with Crippen molar-refractivity contribution in [2.24, 2.45) is 0 Å². The van der Waals surface area contributed by atoms with E-state index in [1.54, 1.807) is 23.6 Å². The normalized spacial score (nSPS) is 22.4. The third-order valence-corrected chi connectivity index (χ3v) is 10.7. The first-order valence-electron chi connectivity index (χ1n) is 18.9. The van der Waals surface area contributed by atoms with Crippen molar-refractivity contribution in [3.8, 4) is 11.8 Å². The van der Waals surface area contributed by atoms with Crippen LogP contribution in [0.3, 0.4) is 0 Å². The van der Waals surface area contributed by atoms with Crippen LogP contribution in [0.25, 0.3) is 17.2 Å². The highest BCUT2D eigenvalue weighted by atomic mass is 16.7. The first kappa shape index (κ1) is 40.4. The van der Waals surface area contributed by atoms with Crippen LogP contribution in [0.5, 0.6) is 11.8 Å². The van der Waals surface area contributed by atoms with Crippen molar-refractivity contribution in [2.75, 3.05) is 59.1 Å². The van der Waals surface area contributed by atoms with Crippen molar-refractivity contribution < 1.29 is 48.2 Å². The van der Waals surface area contributed by atoms with Gasteiger partial charge < -0.3 is 48.7 Å². The molecule has 0 bridgehead atoms. The van der Waals surface area contributed by atoms with Crippen LogP contribution in [0.15, 0.2) is 35.4 Å². The summed E-state index contributed by atoms with van der Waals surface area (Å²) in [5.41, 5.74) is -0.211. The number of hydrogen-bond donors (Lipinski definition) is 3. The molecule has 300 valence electrons. The lowest BCUT2D eigenvalue weighted by atomic mass is 9.79. The highest BCUT2D eigenvalue weighted by molar-refractivity contribution is 5.87. The van der Waals surface area contributed by atoms with E-state index >= 15 is 0 Å². The third-order valence-electron chi connectivity index (χ3n) is 10.7. The van der Waals surface area contributed by atoms with Crippen LogP contribution in [-0.4, -0.2) is 117 Å². The molecule has 2 aliphatic heterocycles. The van der Waals surface area contributed by atoms with E-state index in [1.165, 1.54) is 38.8 Å². The second kappa shape index (κ2) is 17.7. The quantitative estimate of drug-likeness (QED) is 0.179. The first-order chi connectivity index (χ1) is 26.5. The summed E-state index contributed by atoms with van der Waals surface area (Å²) in [6.45, 7) is 5.38. The van der Waals surface area contributed by atoms with Gasteiger partial charge in [0.2, 0.25) is 11.8 Å². The van der Waals surface area contributed by atoms with Crippen LogP contribution in [-0.2, 0) is 35.0 Å². The highest BCUT2D eigenvalue weighted by Crippen LogP contribution is 2.43. The summed E-state index contributed by atoms with van der Waals surface area (Å²) in [5, 5.41) is 25.1. The smallest absolute Gasteiger partial charge is 0.330 e. The van der Waals surface area contributed by atoms with E-state index in [9.17, 15) is 19.8 Å². The van der Waals surface area contributed by atoms with E-state index in [-0.39, 0.29) is 5.56 Å². The number of aromatic nitrogens is 5. The average molecular weight is 769 g/mol. The Bertz CT molecular complexity index is 1840. The van der Waals surface area contributed by atoms with Gasteiger partial charge in [0.25, 0.3) is 5.56 Å². The summed E-state index contributed by atoms with van der Waals surface area (Å²) < 4.78 is 39.6. The number of fused-ring (bicyclic) bond motifs is 1. The average Bonchev–Trinajstić information content (AvgIpc) is 3.87. The van der Waals surface area contributed by atoms with E-state index in [0.29, 0.717) is 145 Å². The Labute approximate surface area is 319 Å². The molecule has 4 aliphatic rings. The minimum atomic E-state index is -0.839. The summed E-state index contributed by atoms with van der Waals surface area (Å²) >= 11 is 0. The molecule has 17 nitrogen and oxygen atoms in total. The minimum Gasteiger partial charge on any atom is -0.480 e. The number of carbonyl (C=O) groups is 1. The number of nitrogens with one attached hydrogen (secondary N) is 1. The molecule has 2 saturated carbocycles. The number of ether oxygens (including phenoxy) is 7. The van der Waals surface area contributed by atoms with Gasteiger partial charge in [-0.1, -0.05) is 0 Å². The molecular weight excluding hydrogens is 716 g/mol. The van der Waals surface area contributed by atoms with Gasteiger partial charge in [-0.2, -0.15) is 9.97 Å². The number of anilines is 1. The Morgan fingerprint density at radius 1 is 0.836 bits per heavy atom. The number of rotatable bonds is 12. The number of aliphatic hydroxyl groups is 2. The zero-order valence-corrected chi connectivity index (χ0v) is 31.8. The number of aryl methyl sites for hydroxylation is 1. The number of hydrogen-bond acceptors (Lipinski definition) is 16. The third kappa shape index (κ3) is 10.1. The topological polar surface area (TPSA) is 208 Å². The fraction of sp³-hybridized carbons (Fsp3) is 0.632.